The Hall–Kier alpha value is -0.300. The zero-order chi connectivity index (χ0) is 15.8. The van der Waals surface area contributed by atoms with E-state index in [2.05, 4.69) is 21.2 Å². The van der Waals surface area contributed by atoms with E-state index in [1.165, 1.54) is 12.1 Å². The van der Waals surface area contributed by atoms with Crippen molar-refractivity contribution < 1.29 is 13.2 Å². The van der Waals surface area contributed by atoms with Gasteiger partial charge in [0.25, 0.3) is 15.0 Å². The van der Waals surface area contributed by atoms with Gasteiger partial charge >= 0.3 is 0 Å². The molecule has 4 nitrogen and oxygen atoms in total. The van der Waals surface area contributed by atoms with Crippen LogP contribution in [0.2, 0.25) is 5.02 Å². The molecule has 8 heteroatoms. The Balaban J connectivity index is 2.40. The van der Waals surface area contributed by atoms with Gasteiger partial charge in [-0.3, -0.25) is 4.79 Å². The second-order valence-corrected chi connectivity index (χ2v) is 9.25. The average molecular weight is 415 g/mol. The molecular weight excluding hydrogens is 401 g/mol. The first-order valence-electron chi connectivity index (χ1n) is 6.39. The second-order valence-electron chi connectivity index (χ2n) is 5.43. The van der Waals surface area contributed by atoms with Crippen molar-refractivity contribution >= 4 is 53.2 Å². The largest absolute Gasteiger partial charge is 0.347 e. The van der Waals surface area contributed by atoms with E-state index in [9.17, 15) is 13.2 Å². The van der Waals surface area contributed by atoms with Crippen LogP contribution in [-0.2, 0) is 9.05 Å². The van der Waals surface area contributed by atoms with Gasteiger partial charge in [-0.2, -0.15) is 0 Å². The molecule has 0 radical (unpaired) electrons. The number of carbonyl (C=O) groups is 1. The van der Waals surface area contributed by atoms with Crippen LogP contribution >= 0.6 is 38.2 Å². The minimum atomic E-state index is -4.02. The van der Waals surface area contributed by atoms with Crippen LogP contribution in [0.4, 0.5) is 0 Å². The summed E-state index contributed by atoms with van der Waals surface area (Å²) < 4.78 is 23.5. The lowest BCUT2D eigenvalue weighted by Gasteiger charge is -2.25. The SMILES string of the molecule is CC1(NC(=O)c2cc(Br)cc(S(=O)(=O)Cl)c2Cl)CCCC1. The molecule has 2 rings (SSSR count). The third-order valence-electron chi connectivity index (χ3n) is 3.63. The van der Waals surface area contributed by atoms with Crippen LogP contribution < -0.4 is 5.32 Å². The van der Waals surface area contributed by atoms with Crippen molar-refractivity contribution in [3.63, 3.8) is 0 Å². The van der Waals surface area contributed by atoms with Gasteiger partial charge in [0.1, 0.15) is 4.90 Å². The molecule has 1 aliphatic rings. The number of benzene rings is 1. The van der Waals surface area contributed by atoms with E-state index in [4.69, 9.17) is 22.3 Å². The van der Waals surface area contributed by atoms with Crippen molar-refractivity contribution in [1.29, 1.82) is 0 Å². The highest BCUT2D eigenvalue weighted by molar-refractivity contribution is 9.10. The molecule has 1 amide bonds. The summed E-state index contributed by atoms with van der Waals surface area (Å²) in [4.78, 5) is 12.1. The van der Waals surface area contributed by atoms with Crippen LogP contribution in [-0.4, -0.2) is 19.9 Å². The van der Waals surface area contributed by atoms with Crippen LogP contribution in [0.1, 0.15) is 43.0 Å². The van der Waals surface area contributed by atoms with Crippen molar-refractivity contribution in [2.75, 3.05) is 0 Å². The summed E-state index contributed by atoms with van der Waals surface area (Å²) in [6.45, 7) is 1.98. The maximum Gasteiger partial charge on any atom is 0.262 e. The average Bonchev–Trinajstić information content (AvgIpc) is 2.76. The third kappa shape index (κ3) is 3.92. The Morgan fingerprint density at radius 1 is 1.33 bits per heavy atom. The fourth-order valence-electron chi connectivity index (χ4n) is 2.53. The highest BCUT2D eigenvalue weighted by Gasteiger charge is 2.32. The Morgan fingerprint density at radius 2 is 1.90 bits per heavy atom. The zero-order valence-corrected chi connectivity index (χ0v) is 15.2. The van der Waals surface area contributed by atoms with Gasteiger partial charge in [0, 0.05) is 20.7 Å². The summed E-state index contributed by atoms with van der Waals surface area (Å²) in [5.41, 5.74) is -0.179. The van der Waals surface area contributed by atoms with Crippen molar-refractivity contribution in [2.45, 2.75) is 43.0 Å². The quantitative estimate of drug-likeness (QED) is 0.757. The number of hydrogen-bond acceptors (Lipinski definition) is 3. The summed E-state index contributed by atoms with van der Waals surface area (Å²) in [5.74, 6) is -0.396. The van der Waals surface area contributed by atoms with E-state index in [1.54, 1.807) is 0 Å². The first-order valence-corrected chi connectivity index (χ1v) is 9.87. The van der Waals surface area contributed by atoms with Gasteiger partial charge in [-0.05, 0) is 31.9 Å². The Morgan fingerprint density at radius 3 is 2.43 bits per heavy atom. The highest BCUT2D eigenvalue weighted by atomic mass is 79.9. The van der Waals surface area contributed by atoms with Crippen molar-refractivity contribution in [3.8, 4) is 0 Å². The predicted octanol–water partition coefficient (Wildman–Crippen LogP) is 4.09. The molecule has 1 aromatic carbocycles. The molecule has 0 spiro atoms. The molecule has 0 bridgehead atoms. The number of halogens is 3. The maximum atomic E-state index is 12.4. The Kier molecular flexibility index (Phi) is 4.93. The van der Waals surface area contributed by atoms with Gasteiger partial charge in [0.2, 0.25) is 0 Å². The maximum absolute atomic E-state index is 12.4. The highest BCUT2D eigenvalue weighted by Crippen LogP contribution is 2.33. The number of carbonyl (C=O) groups excluding carboxylic acids is 1. The fourth-order valence-corrected chi connectivity index (χ4v) is 4.71. The van der Waals surface area contributed by atoms with Gasteiger partial charge in [-0.15, -0.1) is 0 Å². The van der Waals surface area contributed by atoms with Crippen LogP contribution in [0, 0.1) is 0 Å². The van der Waals surface area contributed by atoms with E-state index >= 15 is 0 Å². The monoisotopic (exact) mass is 413 g/mol. The molecule has 0 unspecified atom stereocenters. The topological polar surface area (TPSA) is 63.2 Å². The van der Waals surface area contributed by atoms with Gasteiger partial charge in [0.15, 0.2) is 0 Å². The van der Waals surface area contributed by atoms with Crippen LogP contribution in [0.3, 0.4) is 0 Å². The standard InChI is InChI=1S/C13H14BrCl2NO3S/c1-13(4-2-3-5-13)17-12(18)9-6-8(14)7-10(11(9)15)21(16,19)20/h6-7H,2-5H2,1H3,(H,17,18). The Labute approximate surface area is 141 Å². The molecule has 0 aliphatic heterocycles. The van der Waals surface area contributed by atoms with E-state index in [0.29, 0.717) is 4.47 Å². The van der Waals surface area contributed by atoms with Gasteiger partial charge in [-0.25, -0.2) is 8.42 Å². The summed E-state index contributed by atoms with van der Waals surface area (Å²) in [5, 5.41) is 2.78. The smallest absolute Gasteiger partial charge is 0.262 e. The number of nitrogens with one attached hydrogen (secondary N) is 1. The van der Waals surface area contributed by atoms with Gasteiger partial charge in [0.05, 0.1) is 10.6 Å². The predicted molar refractivity (Wildman–Crippen MR) is 86.5 cm³/mol. The molecule has 116 valence electrons. The number of amides is 1. The molecule has 0 heterocycles. The van der Waals surface area contributed by atoms with E-state index < -0.39 is 15.0 Å². The van der Waals surface area contributed by atoms with Crippen molar-refractivity contribution in [3.05, 3.63) is 27.2 Å². The van der Waals surface area contributed by atoms with Gasteiger partial charge in [-0.1, -0.05) is 40.4 Å². The second kappa shape index (κ2) is 6.07. The normalized spacial score (nSPS) is 17.7. The molecule has 1 N–H and O–H groups in total. The molecule has 1 aromatic rings. The van der Waals surface area contributed by atoms with E-state index in [1.807, 2.05) is 6.92 Å². The molecular formula is C13H14BrCl2NO3S. The molecule has 1 aliphatic carbocycles. The van der Waals surface area contributed by atoms with Crippen molar-refractivity contribution in [1.82, 2.24) is 5.32 Å². The fraction of sp³-hybridized carbons (Fsp3) is 0.462. The Bertz CT molecular complexity index is 685. The lowest BCUT2D eigenvalue weighted by atomic mass is 10.00. The minimum Gasteiger partial charge on any atom is -0.347 e. The molecule has 1 saturated carbocycles. The zero-order valence-electron chi connectivity index (χ0n) is 11.3. The van der Waals surface area contributed by atoms with Crippen LogP contribution in [0.15, 0.2) is 21.5 Å². The summed E-state index contributed by atoms with van der Waals surface area (Å²) in [7, 11) is 1.32. The lowest BCUT2D eigenvalue weighted by Crippen LogP contribution is -2.43. The van der Waals surface area contributed by atoms with E-state index in [-0.39, 0.29) is 21.0 Å². The van der Waals surface area contributed by atoms with Crippen LogP contribution in [0.25, 0.3) is 0 Å². The van der Waals surface area contributed by atoms with Gasteiger partial charge < -0.3 is 5.32 Å². The molecule has 0 saturated heterocycles. The summed E-state index contributed by atoms with van der Waals surface area (Å²) in [6.07, 6.45) is 3.91. The van der Waals surface area contributed by atoms with E-state index in [0.717, 1.165) is 25.7 Å². The minimum absolute atomic E-state index is 0.0957. The molecule has 0 aromatic heterocycles. The lowest BCUT2D eigenvalue weighted by molar-refractivity contribution is 0.0908. The summed E-state index contributed by atoms with van der Waals surface area (Å²) >= 11 is 9.22. The summed E-state index contributed by atoms with van der Waals surface area (Å²) in [6, 6.07) is 2.76. The van der Waals surface area contributed by atoms with Crippen molar-refractivity contribution in [2.24, 2.45) is 0 Å². The first-order chi connectivity index (χ1) is 9.62. The molecule has 21 heavy (non-hydrogen) atoms. The molecule has 1 fully saturated rings. The number of hydrogen-bond donors (Lipinski definition) is 1. The third-order valence-corrected chi connectivity index (χ3v) is 5.96. The molecule has 0 atom stereocenters. The number of rotatable bonds is 3. The first kappa shape index (κ1) is 17.1. The van der Waals surface area contributed by atoms with Crippen LogP contribution in [0.5, 0.6) is 0 Å².